The van der Waals surface area contributed by atoms with Crippen LogP contribution in [-0.4, -0.2) is 28.0 Å². The molecule has 3 rings (SSSR count). The Balaban J connectivity index is 1.48. The molecule has 7 heteroatoms. The first-order valence-electron chi connectivity index (χ1n) is 8.91. The molecule has 1 heterocycles. The van der Waals surface area contributed by atoms with Crippen LogP contribution in [0.2, 0.25) is 0 Å². The monoisotopic (exact) mass is 378 g/mol. The van der Waals surface area contributed by atoms with Crippen LogP contribution in [0.4, 0.5) is 0 Å². The van der Waals surface area contributed by atoms with Gasteiger partial charge in [-0.1, -0.05) is 24.3 Å². The molecule has 7 nitrogen and oxygen atoms in total. The molecule has 2 aromatic carbocycles. The molecule has 2 N–H and O–H groups in total. The molecule has 144 valence electrons. The number of nitrogens with one attached hydrogen (secondary N) is 2. The number of benzene rings is 2. The molecule has 0 spiro atoms. The van der Waals surface area contributed by atoms with Gasteiger partial charge in [-0.05, 0) is 49.2 Å². The van der Waals surface area contributed by atoms with Gasteiger partial charge in [0.25, 0.3) is 5.91 Å². The van der Waals surface area contributed by atoms with E-state index in [0.717, 1.165) is 11.3 Å². The highest BCUT2D eigenvalue weighted by Crippen LogP contribution is 2.16. The minimum Gasteiger partial charge on any atom is -0.493 e. The summed E-state index contributed by atoms with van der Waals surface area (Å²) in [7, 11) is 0. The minimum atomic E-state index is -0.454. The quantitative estimate of drug-likeness (QED) is 0.646. The van der Waals surface area contributed by atoms with E-state index in [1.165, 1.54) is 11.8 Å². The Bertz CT molecular complexity index is 967. The molecular weight excluding hydrogens is 356 g/mol. The van der Waals surface area contributed by atoms with Crippen LogP contribution in [0.25, 0.3) is 5.69 Å². The largest absolute Gasteiger partial charge is 0.493 e. The molecule has 0 saturated carbocycles. The third-order valence-corrected chi connectivity index (χ3v) is 4.30. The van der Waals surface area contributed by atoms with E-state index in [-0.39, 0.29) is 18.9 Å². The molecule has 0 radical (unpaired) electrons. The van der Waals surface area contributed by atoms with Gasteiger partial charge in [-0.15, -0.1) is 0 Å². The molecule has 1 aromatic heterocycles. The Kier molecular flexibility index (Phi) is 6.06. The zero-order valence-corrected chi connectivity index (χ0v) is 15.8. The molecule has 0 unspecified atom stereocenters. The van der Waals surface area contributed by atoms with E-state index in [1.54, 1.807) is 10.9 Å². The second-order valence-corrected chi connectivity index (χ2v) is 6.33. The highest BCUT2D eigenvalue weighted by Gasteiger charge is 2.13. The number of hydrogen-bond acceptors (Lipinski definition) is 4. The standard InChI is InChI=1S/C21H22N4O3/c1-15-8-9-18(12-16(15)2)28-11-10-20(26)23-24-21(27)19-13-22-14-25(19)17-6-4-3-5-7-17/h3-9,12-14H,10-11H2,1-2H3,(H,23,26)(H,24,27). The summed E-state index contributed by atoms with van der Waals surface area (Å²) >= 11 is 0. The highest BCUT2D eigenvalue weighted by atomic mass is 16.5. The fourth-order valence-electron chi connectivity index (χ4n) is 2.58. The van der Waals surface area contributed by atoms with Gasteiger partial charge >= 0.3 is 0 Å². The molecule has 0 fully saturated rings. The Hall–Kier alpha value is -3.61. The van der Waals surface area contributed by atoms with E-state index in [1.807, 2.05) is 62.4 Å². The number of amides is 2. The van der Waals surface area contributed by atoms with E-state index >= 15 is 0 Å². The van der Waals surface area contributed by atoms with Crippen LogP contribution in [0, 0.1) is 13.8 Å². The van der Waals surface area contributed by atoms with Gasteiger partial charge < -0.3 is 4.74 Å². The topological polar surface area (TPSA) is 85.2 Å². The summed E-state index contributed by atoms with van der Waals surface area (Å²) in [5.74, 6) is -0.0839. The van der Waals surface area contributed by atoms with E-state index in [0.29, 0.717) is 11.4 Å². The predicted molar refractivity (Wildman–Crippen MR) is 105 cm³/mol. The second-order valence-electron chi connectivity index (χ2n) is 6.33. The van der Waals surface area contributed by atoms with Crippen LogP contribution >= 0.6 is 0 Å². The predicted octanol–water partition coefficient (Wildman–Crippen LogP) is 2.72. The third kappa shape index (κ3) is 4.76. The van der Waals surface area contributed by atoms with Crippen molar-refractivity contribution >= 4 is 11.8 Å². The van der Waals surface area contributed by atoms with Crippen molar-refractivity contribution in [3.63, 3.8) is 0 Å². The van der Waals surface area contributed by atoms with Gasteiger partial charge in [-0.25, -0.2) is 4.98 Å². The molecule has 2 amide bonds. The third-order valence-electron chi connectivity index (χ3n) is 4.30. The van der Waals surface area contributed by atoms with E-state index in [9.17, 15) is 9.59 Å². The van der Waals surface area contributed by atoms with Gasteiger partial charge in [0.15, 0.2) is 0 Å². The lowest BCUT2D eigenvalue weighted by atomic mass is 10.1. The Morgan fingerprint density at radius 1 is 1.04 bits per heavy atom. The van der Waals surface area contributed by atoms with Gasteiger partial charge in [0, 0.05) is 5.69 Å². The zero-order chi connectivity index (χ0) is 19.9. The molecule has 0 aliphatic heterocycles. The van der Waals surface area contributed by atoms with Crippen molar-refractivity contribution in [2.75, 3.05) is 6.61 Å². The first-order valence-corrected chi connectivity index (χ1v) is 8.91. The molecule has 0 atom stereocenters. The van der Waals surface area contributed by atoms with Crippen molar-refractivity contribution in [1.82, 2.24) is 20.4 Å². The number of imidazole rings is 1. The van der Waals surface area contributed by atoms with E-state index < -0.39 is 5.91 Å². The average Bonchev–Trinajstić information content (AvgIpc) is 3.19. The van der Waals surface area contributed by atoms with Crippen LogP contribution < -0.4 is 15.6 Å². The fourth-order valence-corrected chi connectivity index (χ4v) is 2.58. The zero-order valence-electron chi connectivity index (χ0n) is 15.8. The summed E-state index contributed by atoms with van der Waals surface area (Å²) in [5, 5.41) is 0. The lowest BCUT2D eigenvalue weighted by molar-refractivity contribution is -0.122. The molecule has 0 saturated heterocycles. The summed E-state index contributed by atoms with van der Waals surface area (Å²) in [4.78, 5) is 28.3. The van der Waals surface area contributed by atoms with Crippen LogP contribution in [-0.2, 0) is 4.79 Å². The summed E-state index contributed by atoms with van der Waals surface area (Å²) in [6.07, 6.45) is 3.10. The van der Waals surface area contributed by atoms with Crippen molar-refractivity contribution in [3.05, 3.63) is 77.9 Å². The maximum absolute atomic E-state index is 12.4. The number of hydrazine groups is 1. The number of ether oxygens (including phenoxy) is 1. The summed E-state index contributed by atoms with van der Waals surface area (Å²) in [6.45, 7) is 4.25. The Morgan fingerprint density at radius 2 is 1.82 bits per heavy atom. The van der Waals surface area contributed by atoms with Crippen molar-refractivity contribution in [2.45, 2.75) is 20.3 Å². The first kappa shape index (κ1) is 19.2. The lowest BCUT2D eigenvalue weighted by Gasteiger charge is -2.11. The van der Waals surface area contributed by atoms with E-state index in [2.05, 4.69) is 15.8 Å². The summed E-state index contributed by atoms with van der Waals surface area (Å²) in [6, 6.07) is 15.1. The number of carbonyl (C=O) groups excluding carboxylic acids is 2. The molecule has 0 aliphatic rings. The lowest BCUT2D eigenvalue weighted by Crippen LogP contribution is -2.42. The summed E-state index contributed by atoms with van der Waals surface area (Å²) < 4.78 is 7.22. The van der Waals surface area contributed by atoms with Gasteiger partial charge in [-0.2, -0.15) is 0 Å². The van der Waals surface area contributed by atoms with Gasteiger partial charge in [0.2, 0.25) is 5.91 Å². The normalized spacial score (nSPS) is 10.4. The van der Waals surface area contributed by atoms with Crippen molar-refractivity contribution in [3.8, 4) is 11.4 Å². The van der Waals surface area contributed by atoms with Crippen LogP contribution in [0.1, 0.15) is 28.0 Å². The maximum Gasteiger partial charge on any atom is 0.288 e. The van der Waals surface area contributed by atoms with Gasteiger partial charge in [0.1, 0.15) is 11.4 Å². The molecular formula is C21H22N4O3. The van der Waals surface area contributed by atoms with Crippen molar-refractivity contribution in [1.29, 1.82) is 0 Å². The Labute approximate surface area is 163 Å². The van der Waals surface area contributed by atoms with Crippen LogP contribution in [0.5, 0.6) is 5.75 Å². The average molecular weight is 378 g/mol. The van der Waals surface area contributed by atoms with Crippen molar-refractivity contribution in [2.24, 2.45) is 0 Å². The van der Waals surface area contributed by atoms with Crippen LogP contribution in [0.3, 0.4) is 0 Å². The van der Waals surface area contributed by atoms with Crippen LogP contribution in [0.15, 0.2) is 61.1 Å². The molecule has 28 heavy (non-hydrogen) atoms. The number of hydrogen-bond donors (Lipinski definition) is 2. The number of para-hydroxylation sites is 1. The molecule has 3 aromatic rings. The number of aromatic nitrogens is 2. The SMILES string of the molecule is Cc1ccc(OCCC(=O)NNC(=O)c2cncn2-c2ccccc2)cc1C. The van der Waals surface area contributed by atoms with Gasteiger partial charge in [0.05, 0.1) is 25.6 Å². The minimum absolute atomic E-state index is 0.116. The van der Waals surface area contributed by atoms with Crippen molar-refractivity contribution < 1.29 is 14.3 Å². The van der Waals surface area contributed by atoms with Gasteiger partial charge in [-0.3, -0.25) is 25.0 Å². The molecule has 0 bridgehead atoms. The number of nitrogens with zero attached hydrogens (tertiary/aromatic N) is 2. The smallest absolute Gasteiger partial charge is 0.288 e. The maximum atomic E-state index is 12.4. The Morgan fingerprint density at radius 3 is 2.57 bits per heavy atom. The molecule has 0 aliphatic carbocycles. The number of rotatable bonds is 6. The fraction of sp³-hybridized carbons (Fsp3) is 0.190. The second kappa shape index (κ2) is 8.85. The van der Waals surface area contributed by atoms with E-state index in [4.69, 9.17) is 4.74 Å². The number of aryl methyl sites for hydroxylation is 2. The first-order chi connectivity index (χ1) is 13.5. The highest BCUT2D eigenvalue weighted by molar-refractivity contribution is 5.94. The number of carbonyl (C=O) groups is 2. The summed E-state index contributed by atoms with van der Waals surface area (Å²) in [5.41, 5.74) is 8.24.